The molecule has 0 saturated carbocycles. The second kappa shape index (κ2) is 8.96. The predicted molar refractivity (Wildman–Crippen MR) is 121 cm³/mol. The highest BCUT2D eigenvalue weighted by Crippen LogP contribution is 2.43. The van der Waals surface area contributed by atoms with Gasteiger partial charge in [0.05, 0.1) is 6.61 Å². The van der Waals surface area contributed by atoms with Crippen molar-refractivity contribution in [1.82, 2.24) is 9.97 Å². The number of anilines is 1. The number of aryl methyl sites for hydroxylation is 1. The normalized spacial score (nSPS) is 19.7. The van der Waals surface area contributed by atoms with E-state index in [9.17, 15) is 8.94 Å². The van der Waals surface area contributed by atoms with Crippen LogP contribution >= 0.6 is 0 Å². The number of fused-ring (bicyclic) bond motifs is 1. The van der Waals surface area contributed by atoms with E-state index >= 15 is 0 Å². The molecule has 166 valence electrons. The highest BCUT2D eigenvalue weighted by Gasteiger charge is 2.32. The summed E-state index contributed by atoms with van der Waals surface area (Å²) >= 11 is -1.28. The molecule has 2 aliphatic heterocycles. The number of ether oxygens (including phenoxy) is 2. The van der Waals surface area contributed by atoms with Gasteiger partial charge in [0.1, 0.15) is 0 Å². The van der Waals surface area contributed by atoms with E-state index in [1.54, 1.807) is 24.4 Å². The topological polar surface area (TPSA) is 70.5 Å². The molecule has 2 aromatic carbocycles. The number of aromatic nitrogens is 2. The van der Waals surface area contributed by atoms with Crippen LogP contribution in [0.3, 0.4) is 0 Å². The predicted octanol–water partition coefficient (Wildman–Crippen LogP) is 4.21. The molecule has 0 bridgehead atoms. The molecule has 0 radical (unpaired) electrons. The third-order valence-corrected chi connectivity index (χ3v) is 7.09. The molecule has 8 heteroatoms. The molecule has 3 aromatic rings. The number of hydrogen-bond acceptors (Lipinski definition) is 6. The van der Waals surface area contributed by atoms with Crippen molar-refractivity contribution in [2.45, 2.75) is 24.7 Å². The van der Waals surface area contributed by atoms with Gasteiger partial charge in [0.2, 0.25) is 10.8 Å². The Balaban J connectivity index is 1.34. The monoisotopic (exact) mass is 453 g/mol. The summed E-state index contributed by atoms with van der Waals surface area (Å²) in [7, 11) is 0. The third-order valence-electron chi connectivity index (χ3n) is 5.88. The summed E-state index contributed by atoms with van der Waals surface area (Å²) in [6.45, 7) is 4.05. The molecule has 1 unspecified atom stereocenters. The van der Waals surface area contributed by atoms with Crippen LogP contribution in [0.25, 0.3) is 11.1 Å². The van der Waals surface area contributed by atoms with Gasteiger partial charge in [0, 0.05) is 53.2 Å². The number of para-hydroxylation sites is 1. The first-order valence-electron chi connectivity index (χ1n) is 10.8. The van der Waals surface area contributed by atoms with Crippen LogP contribution in [-0.4, -0.2) is 40.2 Å². The molecule has 0 amide bonds. The van der Waals surface area contributed by atoms with Crippen molar-refractivity contribution in [3.63, 3.8) is 0 Å². The Morgan fingerprint density at radius 3 is 2.94 bits per heavy atom. The minimum absolute atomic E-state index is 0.122. The lowest BCUT2D eigenvalue weighted by molar-refractivity contribution is 0.251. The zero-order valence-corrected chi connectivity index (χ0v) is 18.6. The minimum Gasteiger partial charge on any atom is -0.609 e. The number of benzene rings is 2. The van der Waals surface area contributed by atoms with Crippen LogP contribution in [0.4, 0.5) is 10.3 Å². The van der Waals surface area contributed by atoms with Gasteiger partial charge in [0.15, 0.2) is 17.3 Å². The van der Waals surface area contributed by atoms with Crippen molar-refractivity contribution in [3.05, 3.63) is 60.2 Å². The maximum Gasteiger partial charge on any atom is 0.250 e. The second-order valence-electron chi connectivity index (χ2n) is 7.97. The number of halogens is 1. The van der Waals surface area contributed by atoms with Gasteiger partial charge < -0.3 is 18.9 Å². The lowest BCUT2D eigenvalue weighted by Gasteiger charge is -2.18. The quantitative estimate of drug-likeness (QED) is 0.521. The minimum atomic E-state index is -1.28. The molecule has 5 rings (SSSR count). The van der Waals surface area contributed by atoms with Crippen LogP contribution in [0.1, 0.15) is 19.0 Å². The number of hydrogen-bond donors (Lipinski definition) is 0. The Labute approximate surface area is 189 Å². The first kappa shape index (κ1) is 21.0. The van der Waals surface area contributed by atoms with Crippen molar-refractivity contribution in [2.75, 3.05) is 30.5 Å². The van der Waals surface area contributed by atoms with Gasteiger partial charge in [-0.3, -0.25) is 0 Å². The van der Waals surface area contributed by atoms with E-state index in [1.807, 2.05) is 18.2 Å². The van der Waals surface area contributed by atoms with Gasteiger partial charge in [-0.15, -0.1) is 0 Å². The van der Waals surface area contributed by atoms with Gasteiger partial charge in [0.25, 0.3) is 5.94 Å². The first-order valence-corrected chi connectivity index (χ1v) is 12.1. The average molecular weight is 454 g/mol. The third kappa shape index (κ3) is 4.00. The fourth-order valence-corrected chi connectivity index (χ4v) is 5.33. The molecule has 0 aliphatic carbocycles. The molecule has 32 heavy (non-hydrogen) atoms. The molecule has 1 saturated heterocycles. The highest BCUT2D eigenvalue weighted by molar-refractivity contribution is 7.91. The van der Waals surface area contributed by atoms with Crippen LogP contribution in [0, 0.1) is 11.7 Å². The van der Waals surface area contributed by atoms with E-state index in [2.05, 4.69) is 21.8 Å². The summed E-state index contributed by atoms with van der Waals surface area (Å²) in [6, 6.07) is 12.2. The maximum absolute atomic E-state index is 14.8. The van der Waals surface area contributed by atoms with E-state index in [1.165, 1.54) is 6.07 Å². The summed E-state index contributed by atoms with van der Waals surface area (Å²) in [6.07, 6.45) is 3.58. The number of rotatable bonds is 6. The standard InChI is InChI=1S/C24H24FN3O3S/c1-2-17-9-11-26-24(27-17)28-12-10-16(13-28)14-30-22-18(5-3-7-20(22)25)19-6-4-8-21-23(19)32(29)15-31-21/h3-9,11,16H,2,10,12-15H2,1H3/t16-,32?/m0/s1. The van der Waals surface area contributed by atoms with Crippen molar-refractivity contribution in [2.24, 2.45) is 5.92 Å². The Morgan fingerprint density at radius 1 is 1.22 bits per heavy atom. The van der Waals surface area contributed by atoms with Crippen molar-refractivity contribution >= 4 is 17.1 Å². The summed E-state index contributed by atoms with van der Waals surface area (Å²) in [5, 5.41) is 0. The zero-order valence-electron chi connectivity index (χ0n) is 17.8. The SMILES string of the molecule is CCc1ccnc(N2CC[C@H](COc3c(F)cccc3-c3cccc4c3[S+]([O-])CO4)C2)n1. The first-order chi connectivity index (χ1) is 15.6. The van der Waals surface area contributed by atoms with Gasteiger partial charge in [-0.1, -0.05) is 25.1 Å². The average Bonchev–Trinajstić information content (AvgIpc) is 3.45. The molecule has 2 aliphatic rings. The lowest BCUT2D eigenvalue weighted by Crippen LogP contribution is -2.24. The fourth-order valence-electron chi connectivity index (χ4n) is 4.21. The second-order valence-corrected chi connectivity index (χ2v) is 9.31. The summed E-state index contributed by atoms with van der Waals surface area (Å²) in [4.78, 5) is 11.8. The highest BCUT2D eigenvalue weighted by atomic mass is 32.2. The van der Waals surface area contributed by atoms with Gasteiger partial charge >= 0.3 is 0 Å². The van der Waals surface area contributed by atoms with Crippen molar-refractivity contribution in [3.8, 4) is 22.6 Å². The molecule has 6 nitrogen and oxygen atoms in total. The lowest BCUT2D eigenvalue weighted by atomic mass is 10.0. The molecule has 1 fully saturated rings. The number of nitrogens with zero attached hydrogens (tertiary/aromatic N) is 3. The Bertz CT molecular complexity index is 1130. The van der Waals surface area contributed by atoms with Crippen LogP contribution in [0.2, 0.25) is 0 Å². The molecule has 2 atom stereocenters. The van der Waals surface area contributed by atoms with E-state index in [4.69, 9.17) is 9.47 Å². The van der Waals surface area contributed by atoms with E-state index in [0.29, 0.717) is 28.4 Å². The van der Waals surface area contributed by atoms with Crippen LogP contribution in [0.15, 0.2) is 53.6 Å². The van der Waals surface area contributed by atoms with Crippen molar-refractivity contribution in [1.29, 1.82) is 0 Å². The molecule has 0 N–H and O–H groups in total. The van der Waals surface area contributed by atoms with Gasteiger partial charge in [-0.05, 0) is 37.1 Å². The van der Waals surface area contributed by atoms with Crippen LogP contribution in [-0.2, 0) is 17.6 Å². The maximum atomic E-state index is 14.8. The van der Waals surface area contributed by atoms with Crippen LogP contribution in [0.5, 0.6) is 11.5 Å². The fraction of sp³-hybridized carbons (Fsp3) is 0.333. The smallest absolute Gasteiger partial charge is 0.250 e. The molecule has 3 heterocycles. The van der Waals surface area contributed by atoms with Crippen molar-refractivity contribution < 1.29 is 18.4 Å². The van der Waals surface area contributed by atoms with Gasteiger partial charge in [-0.2, -0.15) is 0 Å². The van der Waals surface area contributed by atoms with E-state index < -0.39 is 17.0 Å². The van der Waals surface area contributed by atoms with Gasteiger partial charge in [-0.25, -0.2) is 14.4 Å². The zero-order chi connectivity index (χ0) is 22.1. The Hall–Kier alpha value is -2.84. The Kier molecular flexibility index (Phi) is 5.89. The molecule has 0 spiro atoms. The molecular weight excluding hydrogens is 429 g/mol. The largest absolute Gasteiger partial charge is 0.609 e. The van der Waals surface area contributed by atoms with E-state index in [-0.39, 0.29) is 17.6 Å². The van der Waals surface area contributed by atoms with Crippen LogP contribution < -0.4 is 14.4 Å². The Morgan fingerprint density at radius 2 is 2.06 bits per heavy atom. The molecule has 1 aromatic heterocycles. The van der Waals surface area contributed by atoms with E-state index in [0.717, 1.165) is 37.6 Å². The summed E-state index contributed by atoms with van der Waals surface area (Å²) < 4.78 is 38.8. The summed E-state index contributed by atoms with van der Waals surface area (Å²) in [5.74, 6) is 1.43. The summed E-state index contributed by atoms with van der Waals surface area (Å²) in [5.41, 5.74) is 2.29. The molecular formula is C24H24FN3O3S.